The van der Waals surface area contributed by atoms with Crippen LogP contribution >= 0.6 is 0 Å². The topological polar surface area (TPSA) is 42.7 Å². The molecule has 0 radical (unpaired) electrons. The molecule has 1 aliphatic rings. The van der Waals surface area contributed by atoms with Crippen molar-refractivity contribution in [3.63, 3.8) is 0 Å². The molecule has 1 aliphatic heterocycles. The van der Waals surface area contributed by atoms with Crippen LogP contribution in [0, 0.1) is 0 Å². The van der Waals surface area contributed by atoms with Crippen molar-refractivity contribution in [3.05, 3.63) is 54.0 Å². The van der Waals surface area contributed by atoms with Crippen LogP contribution in [-0.2, 0) is 11.2 Å². The quantitative estimate of drug-likeness (QED) is 0.847. The van der Waals surface area contributed by atoms with Gasteiger partial charge in [-0.15, -0.1) is 0 Å². The van der Waals surface area contributed by atoms with Crippen LogP contribution in [0.2, 0.25) is 0 Å². The molecule has 4 heteroatoms. The van der Waals surface area contributed by atoms with E-state index in [0.717, 1.165) is 30.9 Å². The maximum Gasteiger partial charge on any atom is 0.223 e. The predicted octanol–water partition coefficient (Wildman–Crippen LogP) is 3.58. The zero-order valence-electron chi connectivity index (χ0n) is 12.8. The monoisotopic (exact) mass is 299 g/mol. The Morgan fingerprint density at radius 3 is 2.82 bits per heavy atom. The van der Waals surface area contributed by atoms with Crippen molar-refractivity contribution in [3.8, 4) is 5.75 Å². The number of furan rings is 1. The highest BCUT2D eigenvalue weighted by atomic mass is 16.5. The lowest BCUT2D eigenvalue weighted by atomic mass is 10.0. The lowest BCUT2D eigenvalue weighted by Crippen LogP contribution is -2.30. The van der Waals surface area contributed by atoms with Gasteiger partial charge in [0.05, 0.1) is 19.4 Å². The number of aryl methyl sites for hydroxylation is 1. The third-order valence-corrected chi connectivity index (χ3v) is 4.24. The first-order valence-electron chi connectivity index (χ1n) is 7.74. The number of nitrogens with zero attached hydrogens (tertiary/aromatic N) is 1. The molecular weight excluding hydrogens is 278 g/mol. The molecule has 4 nitrogen and oxygen atoms in total. The number of hydrogen-bond donors (Lipinski definition) is 0. The van der Waals surface area contributed by atoms with Gasteiger partial charge < -0.3 is 14.1 Å². The maximum atomic E-state index is 12.5. The fourth-order valence-corrected chi connectivity index (χ4v) is 3.07. The van der Waals surface area contributed by atoms with E-state index in [2.05, 4.69) is 12.1 Å². The van der Waals surface area contributed by atoms with Gasteiger partial charge in [-0.25, -0.2) is 0 Å². The number of hydrogen-bond acceptors (Lipinski definition) is 3. The summed E-state index contributed by atoms with van der Waals surface area (Å²) in [6.07, 6.45) is 4.90. The fourth-order valence-electron chi connectivity index (χ4n) is 3.07. The van der Waals surface area contributed by atoms with Gasteiger partial charge in [0.15, 0.2) is 0 Å². The summed E-state index contributed by atoms with van der Waals surface area (Å²) in [6.45, 7) is 0.841. The molecule has 0 saturated carbocycles. The molecule has 0 spiro atoms. The minimum Gasteiger partial charge on any atom is -0.497 e. The number of likely N-dealkylation sites (tertiary alicyclic amines) is 1. The molecule has 22 heavy (non-hydrogen) atoms. The zero-order chi connectivity index (χ0) is 15.4. The van der Waals surface area contributed by atoms with E-state index in [-0.39, 0.29) is 11.9 Å². The first kappa shape index (κ1) is 14.7. The largest absolute Gasteiger partial charge is 0.497 e. The van der Waals surface area contributed by atoms with Crippen LogP contribution < -0.4 is 4.74 Å². The molecule has 1 fully saturated rings. The van der Waals surface area contributed by atoms with Gasteiger partial charge >= 0.3 is 0 Å². The molecule has 1 unspecified atom stereocenters. The first-order chi connectivity index (χ1) is 10.8. The Bertz CT molecular complexity index is 604. The summed E-state index contributed by atoms with van der Waals surface area (Å²) in [7, 11) is 1.66. The highest BCUT2D eigenvalue weighted by Crippen LogP contribution is 2.33. The van der Waals surface area contributed by atoms with Gasteiger partial charge in [0.2, 0.25) is 5.91 Å². The van der Waals surface area contributed by atoms with Crippen molar-refractivity contribution in [1.82, 2.24) is 4.90 Å². The Morgan fingerprint density at radius 1 is 1.32 bits per heavy atom. The molecule has 2 heterocycles. The van der Waals surface area contributed by atoms with E-state index in [0.29, 0.717) is 12.8 Å². The molecule has 0 bridgehead atoms. The number of carbonyl (C=O) groups excluding carboxylic acids is 1. The van der Waals surface area contributed by atoms with Crippen LogP contribution in [0.4, 0.5) is 0 Å². The van der Waals surface area contributed by atoms with Crippen LogP contribution in [0.25, 0.3) is 0 Å². The maximum absolute atomic E-state index is 12.5. The summed E-state index contributed by atoms with van der Waals surface area (Å²) >= 11 is 0. The molecule has 0 N–H and O–H groups in total. The van der Waals surface area contributed by atoms with Crippen molar-refractivity contribution in [1.29, 1.82) is 0 Å². The van der Waals surface area contributed by atoms with Gasteiger partial charge in [-0.1, -0.05) is 12.1 Å². The molecule has 1 aromatic heterocycles. The Kier molecular flexibility index (Phi) is 4.47. The van der Waals surface area contributed by atoms with Crippen LogP contribution in [0.3, 0.4) is 0 Å². The van der Waals surface area contributed by atoms with Crippen molar-refractivity contribution >= 4 is 5.91 Å². The fraction of sp³-hybridized carbons (Fsp3) is 0.389. The Balaban J connectivity index is 1.65. The van der Waals surface area contributed by atoms with Crippen molar-refractivity contribution in [2.24, 2.45) is 0 Å². The summed E-state index contributed by atoms with van der Waals surface area (Å²) in [6, 6.07) is 12.0. The van der Waals surface area contributed by atoms with Gasteiger partial charge in [-0.05, 0) is 42.7 Å². The molecule has 2 aromatic rings. The highest BCUT2D eigenvalue weighted by molar-refractivity contribution is 5.77. The summed E-state index contributed by atoms with van der Waals surface area (Å²) in [5.41, 5.74) is 1.18. The second-order valence-corrected chi connectivity index (χ2v) is 5.60. The normalized spacial score (nSPS) is 17.7. The molecule has 3 rings (SSSR count). The van der Waals surface area contributed by atoms with Gasteiger partial charge in [0.25, 0.3) is 0 Å². The van der Waals surface area contributed by atoms with Crippen LogP contribution in [0.5, 0.6) is 5.75 Å². The standard InChI is InChI=1S/C18H21NO3/c1-21-15-8-6-14(7-9-15)17-5-2-12-19(17)18(20)11-10-16-4-3-13-22-16/h3-4,6-9,13,17H,2,5,10-12H2,1H3. The van der Waals surface area contributed by atoms with Crippen LogP contribution in [0.15, 0.2) is 47.1 Å². The highest BCUT2D eigenvalue weighted by Gasteiger charge is 2.29. The van der Waals surface area contributed by atoms with E-state index in [9.17, 15) is 4.79 Å². The molecule has 116 valence electrons. The SMILES string of the molecule is COc1ccc(C2CCCN2C(=O)CCc2ccco2)cc1. The lowest BCUT2D eigenvalue weighted by Gasteiger charge is -2.25. The number of benzene rings is 1. The Morgan fingerprint density at radius 2 is 2.14 bits per heavy atom. The molecule has 1 atom stereocenters. The van der Waals surface area contributed by atoms with E-state index in [4.69, 9.17) is 9.15 Å². The van der Waals surface area contributed by atoms with E-state index in [1.54, 1.807) is 13.4 Å². The van der Waals surface area contributed by atoms with Gasteiger partial charge in [0, 0.05) is 19.4 Å². The molecule has 1 saturated heterocycles. The van der Waals surface area contributed by atoms with Crippen molar-refractivity contribution < 1.29 is 13.9 Å². The van der Waals surface area contributed by atoms with Crippen molar-refractivity contribution in [2.75, 3.05) is 13.7 Å². The summed E-state index contributed by atoms with van der Waals surface area (Å²) < 4.78 is 10.5. The van der Waals surface area contributed by atoms with E-state index >= 15 is 0 Å². The third kappa shape index (κ3) is 3.16. The second kappa shape index (κ2) is 6.69. The predicted molar refractivity (Wildman–Crippen MR) is 83.7 cm³/mol. The van der Waals surface area contributed by atoms with Gasteiger partial charge in [-0.2, -0.15) is 0 Å². The van der Waals surface area contributed by atoms with Crippen molar-refractivity contribution in [2.45, 2.75) is 31.7 Å². The smallest absolute Gasteiger partial charge is 0.223 e. The number of rotatable bonds is 5. The summed E-state index contributed by atoms with van der Waals surface area (Å²) in [5.74, 6) is 1.92. The average molecular weight is 299 g/mol. The van der Waals surface area contributed by atoms with Crippen LogP contribution in [0.1, 0.15) is 36.6 Å². The second-order valence-electron chi connectivity index (χ2n) is 5.60. The van der Waals surface area contributed by atoms with E-state index < -0.39 is 0 Å². The van der Waals surface area contributed by atoms with E-state index in [1.807, 2.05) is 29.2 Å². The number of methoxy groups -OCH3 is 1. The minimum absolute atomic E-state index is 0.190. The van der Waals surface area contributed by atoms with E-state index in [1.165, 1.54) is 5.56 Å². The summed E-state index contributed by atoms with van der Waals surface area (Å²) in [5, 5.41) is 0. The first-order valence-corrected chi connectivity index (χ1v) is 7.74. The molecule has 0 aliphatic carbocycles. The Hall–Kier alpha value is -2.23. The lowest BCUT2D eigenvalue weighted by molar-refractivity contribution is -0.132. The van der Waals surface area contributed by atoms with Crippen LogP contribution in [-0.4, -0.2) is 24.5 Å². The number of carbonyl (C=O) groups is 1. The van der Waals surface area contributed by atoms with Gasteiger partial charge in [-0.3, -0.25) is 4.79 Å². The van der Waals surface area contributed by atoms with Gasteiger partial charge in [0.1, 0.15) is 11.5 Å². The molecular formula is C18H21NO3. The number of ether oxygens (including phenoxy) is 1. The minimum atomic E-state index is 0.190. The summed E-state index contributed by atoms with van der Waals surface area (Å²) in [4.78, 5) is 14.5. The number of amides is 1. The Labute approximate surface area is 130 Å². The molecule has 1 aromatic carbocycles. The average Bonchev–Trinajstić information content (AvgIpc) is 3.24. The third-order valence-electron chi connectivity index (χ3n) is 4.24. The zero-order valence-corrected chi connectivity index (χ0v) is 12.8. The molecule has 1 amide bonds.